The number of hydrogen-bond donors (Lipinski definition) is 2. The van der Waals surface area contributed by atoms with Gasteiger partial charge in [0.05, 0.1) is 24.8 Å². The second-order valence-corrected chi connectivity index (χ2v) is 6.48. The molecule has 0 aromatic heterocycles. The first-order valence-corrected chi connectivity index (χ1v) is 7.65. The Morgan fingerprint density at radius 1 is 1.30 bits per heavy atom. The molecule has 1 saturated carbocycles. The first-order valence-electron chi connectivity index (χ1n) is 7.65. The Kier molecular flexibility index (Phi) is 2.67. The van der Waals surface area contributed by atoms with E-state index in [0.717, 1.165) is 5.56 Å². The number of nitrogens with zero attached hydrogens (tertiary/aromatic N) is 2. The predicted molar refractivity (Wildman–Crippen MR) is 79.1 cm³/mol. The molecular formula is C17H17N4O2+. The molecule has 1 aromatic rings. The van der Waals surface area contributed by atoms with Crippen molar-refractivity contribution in [3.63, 3.8) is 0 Å². The molecule has 0 amide bonds. The van der Waals surface area contributed by atoms with Gasteiger partial charge in [-0.3, -0.25) is 5.73 Å². The van der Waals surface area contributed by atoms with Crippen LogP contribution in [0.15, 0.2) is 30.3 Å². The number of nitrogens with two attached hydrogens (primary N) is 1. The first kappa shape index (κ1) is 14.2. The third kappa shape index (κ3) is 1.41. The van der Waals surface area contributed by atoms with Crippen molar-refractivity contribution in [3.05, 3.63) is 35.9 Å². The van der Waals surface area contributed by atoms with Gasteiger partial charge < -0.3 is 9.47 Å². The summed E-state index contributed by atoms with van der Waals surface area (Å²) in [5, 5.41) is 19.8. The highest BCUT2D eigenvalue weighted by atomic mass is 16.8. The summed E-state index contributed by atoms with van der Waals surface area (Å²) < 4.78 is 11.7. The minimum atomic E-state index is -1.32. The average molecular weight is 309 g/mol. The fraction of sp³-hybridized carbons (Fsp3) is 0.471. The van der Waals surface area contributed by atoms with Gasteiger partial charge in [0.25, 0.3) is 5.84 Å². The number of rotatable bonds is 2. The van der Waals surface area contributed by atoms with Crippen LogP contribution in [0, 0.1) is 39.4 Å². The molecule has 1 spiro atoms. The maximum absolute atomic E-state index is 9.97. The van der Waals surface area contributed by atoms with E-state index in [1.165, 1.54) is 0 Å². The van der Waals surface area contributed by atoms with Crippen molar-refractivity contribution in [1.82, 2.24) is 0 Å². The molecule has 2 heterocycles. The van der Waals surface area contributed by atoms with Gasteiger partial charge in [-0.15, -0.1) is 0 Å². The standard InChI is InChI=1S/C17H16N4O2/c1-11-8-22-17(23-11)16(10-19)13(7-12-5-3-2-4-6-12)15(16,9-18)14(20)21-17/h2-6,11,13H,7-8H2,1H3,(H2,20,21)/p+1/t11-,13+,15+,16+,17+/m0/s1. The van der Waals surface area contributed by atoms with E-state index in [-0.39, 0.29) is 17.9 Å². The van der Waals surface area contributed by atoms with E-state index in [9.17, 15) is 10.5 Å². The van der Waals surface area contributed by atoms with Gasteiger partial charge >= 0.3 is 5.91 Å². The molecule has 0 unspecified atom stereocenters. The molecule has 0 bridgehead atoms. The summed E-state index contributed by atoms with van der Waals surface area (Å²) in [7, 11) is 0. The highest BCUT2D eigenvalue weighted by Gasteiger charge is 2.97. The maximum Gasteiger partial charge on any atom is 0.343 e. The minimum Gasteiger partial charge on any atom is -0.311 e. The van der Waals surface area contributed by atoms with Gasteiger partial charge in [0.2, 0.25) is 0 Å². The zero-order valence-electron chi connectivity index (χ0n) is 12.7. The van der Waals surface area contributed by atoms with Crippen LogP contribution in [0.5, 0.6) is 0 Å². The molecule has 2 aliphatic heterocycles. The summed E-state index contributed by atoms with van der Waals surface area (Å²) in [6, 6.07) is 14.4. The van der Waals surface area contributed by atoms with Gasteiger partial charge in [0, 0.05) is 5.92 Å². The van der Waals surface area contributed by atoms with Crippen molar-refractivity contribution >= 4 is 5.84 Å². The fourth-order valence-electron chi connectivity index (χ4n) is 4.30. The van der Waals surface area contributed by atoms with Crippen LogP contribution in [-0.4, -0.2) is 24.5 Å². The molecule has 1 aliphatic carbocycles. The Balaban J connectivity index is 1.80. The Hall–Kier alpha value is -2.41. The number of amidine groups is 1. The van der Waals surface area contributed by atoms with Gasteiger partial charge in [0.1, 0.15) is 0 Å². The van der Waals surface area contributed by atoms with Gasteiger partial charge in [-0.05, 0) is 18.9 Å². The molecule has 23 heavy (non-hydrogen) atoms. The van der Waals surface area contributed by atoms with Crippen LogP contribution >= 0.6 is 0 Å². The molecule has 6 heteroatoms. The van der Waals surface area contributed by atoms with Crippen molar-refractivity contribution in [1.29, 1.82) is 10.5 Å². The summed E-state index contributed by atoms with van der Waals surface area (Å²) >= 11 is 0. The number of hydrogen-bond acceptors (Lipinski definition) is 5. The van der Waals surface area contributed by atoms with Gasteiger partial charge in [-0.1, -0.05) is 30.3 Å². The lowest BCUT2D eigenvalue weighted by Gasteiger charge is -2.23. The summed E-state index contributed by atoms with van der Waals surface area (Å²) in [5.74, 6) is -1.31. The van der Waals surface area contributed by atoms with Gasteiger partial charge in [-0.25, -0.2) is 4.99 Å². The molecule has 1 aromatic carbocycles. The molecule has 6 nitrogen and oxygen atoms in total. The Bertz CT molecular complexity index is 780. The van der Waals surface area contributed by atoms with E-state index in [2.05, 4.69) is 17.1 Å². The molecule has 5 atom stereocenters. The minimum absolute atomic E-state index is 0.159. The molecule has 1 saturated heterocycles. The van der Waals surface area contributed by atoms with E-state index < -0.39 is 16.7 Å². The average Bonchev–Trinajstić information content (AvgIpc) is 2.85. The second kappa shape index (κ2) is 4.32. The van der Waals surface area contributed by atoms with E-state index >= 15 is 0 Å². The first-order chi connectivity index (χ1) is 11.1. The van der Waals surface area contributed by atoms with E-state index in [1.807, 2.05) is 37.3 Å². The number of nitrogens with one attached hydrogen (secondary N) is 1. The number of nitriles is 2. The smallest absolute Gasteiger partial charge is 0.311 e. The van der Waals surface area contributed by atoms with E-state index in [1.54, 1.807) is 0 Å². The van der Waals surface area contributed by atoms with Crippen LogP contribution < -0.4 is 10.7 Å². The van der Waals surface area contributed by atoms with Gasteiger partial charge in [-0.2, -0.15) is 10.5 Å². The van der Waals surface area contributed by atoms with Crippen LogP contribution in [0.1, 0.15) is 12.5 Å². The maximum atomic E-state index is 9.97. The highest BCUT2D eigenvalue weighted by molar-refractivity contribution is 5.93. The SMILES string of the molecule is C[C@H]1CO[C@@]2([NH+]=C(N)[C@@]3(C#N)[C@@H](Cc4ccccc4)[C@@]23C#N)O1. The van der Waals surface area contributed by atoms with E-state index in [4.69, 9.17) is 15.2 Å². The van der Waals surface area contributed by atoms with Crippen molar-refractivity contribution in [2.24, 2.45) is 22.5 Å². The lowest BCUT2D eigenvalue weighted by Crippen LogP contribution is -2.90. The molecule has 3 aliphatic rings. The van der Waals surface area contributed by atoms with Crippen molar-refractivity contribution < 1.29 is 14.5 Å². The molecular weight excluding hydrogens is 292 g/mol. The van der Waals surface area contributed by atoms with Gasteiger partial charge in [0.15, 0.2) is 10.8 Å². The summed E-state index contributed by atoms with van der Waals surface area (Å²) in [6.45, 7) is 2.24. The Labute approximate surface area is 134 Å². The summed E-state index contributed by atoms with van der Waals surface area (Å²) in [6.07, 6.45) is 0.417. The molecule has 3 N–H and O–H groups in total. The summed E-state index contributed by atoms with van der Waals surface area (Å²) in [5.41, 5.74) is 5.00. The Morgan fingerprint density at radius 2 is 2.04 bits per heavy atom. The molecule has 0 radical (unpaired) electrons. The zero-order valence-corrected chi connectivity index (χ0v) is 12.7. The molecule has 2 fully saturated rings. The lowest BCUT2D eigenvalue weighted by atomic mass is 9.94. The van der Waals surface area contributed by atoms with Crippen LogP contribution in [0.2, 0.25) is 0 Å². The molecule has 4 rings (SSSR count). The van der Waals surface area contributed by atoms with Crippen molar-refractivity contribution in [3.8, 4) is 12.1 Å². The molecule has 116 valence electrons. The lowest BCUT2D eigenvalue weighted by molar-refractivity contribution is -0.678. The number of fused-ring (bicyclic) bond motifs is 2. The zero-order chi connectivity index (χ0) is 16.3. The third-order valence-electron chi connectivity index (χ3n) is 5.35. The van der Waals surface area contributed by atoms with Crippen LogP contribution in [-0.2, 0) is 15.9 Å². The summed E-state index contributed by atoms with van der Waals surface area (Å²) in [4.78, 5) is 2.96. The Morgan fingerprint density at radius 3 is 2.61 bits per heavy atom. The topological polar surface area (TPSA) is 106 Å². The largest absolute Gasteiger partial charge is 0.343 e. The van der Waals surface area contributed by atoms with Crippen molar-refractivity contribution in [2.75, 3.05) is 6.61 Å². The van der Waals surface area contributed by atoms with Crippen LogP contribution in [0.4, 0.5) is 0 Å². The fourth-order valence-corrected chi connectivity index (χ4v) is 4.30. The number of benzene rings is 1. The van der Waals surface area contributed by atoms with Crippen LogP contribution in [0.25, 0.3) is 0 Å². The monoisotopic (exact) mass is 309 g/mol. The normalized spacial score (nSPS) is 43.5. The quantitative estimate of drug-likeness (QED) is 0.760. The number of ether oxygens (including phenoxy) is 2. The third-order valence-corrected chi connectivity index (χ3v) is 5.35. The van der Waals surface area contributed by atoms with E-state index in [0.29, 0.717) is 13.0 Å². The van der Waals surface area contributed by atoms with Crippen LogP contribution in [0.3, 0.4) is 0 Å². The highest BCUT2D eigenvalue weighted by Crippen LogP contribution is 2.75. The van der Waals surface area contributed by atoms with Crippen molar-refractivity contribution in [2.45, 2.75) is 25.4 Å². The predicted octanol–water partition coefficient (Wildman–Crippen LogP) is -0.581. The second-order valence-electron chi connectivity index (χ2n) is 6.48.